The van der Waals surface area contributed by atoms with E-state index in [9.17, 15) is 14.7 Å². The van der Waals surface area contributed by atoms with Crippen molar-refractivity contribution in [3.05, 3.63) is 60.0 Å². The summed E-state index contributed by atoms with van der Waals surface area (Å²) in [5.41, 5.74) is 0.573. The number of oxazole rings is 1. The van der Waals surface area contributed by atoms with Gasteiger partial charge in [-0.15, -0.1) is 0 Å². The number of hydrogen-bond donors (Lipinski definition) is 1. The van der Waals surface area contributed by atoms with Gasteiger partial charge in [-0.05, 0) is 61.6 Å². The highest BCUT2D eigenvalue weighted by molar-refractivity contribution is 5.94. The van der Waals surface area contributed by atoms with Gasteiger partial charge in [0.25, 0.3) is 0 Å². The average Bonchev–Trinajstić information content (AvgIpc) is 3.66. The van der Waals surface area contributed by atoms with Crippen LogP contribution in [0.25, 0.3) is 33.5 Å². The fourth-order valence-corrected chi connectivity index (χ4v) is 5.78. The number of carboxylic acid groups (broad SMARTS) is 1. The highest BCUT2D eigenvalue weighted by atomic mass is 19.2. The summed E-state index contributed by atoms with van der Waals surface area (Å²) in [4.78, 5) is 34.9. The van der Waals surface area contributed by atoms with E-state index in [0.29, 0.717) is 44.5 Å². The number of fused-ring (bicyclic) bond motifs is 2. The lowest BCUT2D eigenvalue weighted by atomic mass is 9.87. The van der Waals surface area contributed by atoms with Crippen molar-refractivity contribution in [3.63, 3.8) is 0 Å². The number of aliphatic carboxylic acids is 1. The standard InChI is InChI=1S/C30H29F2N3O5/c31-25-20(9-12-23-27(25)39-28(34-23)26-22-6-2-1-5-18(22)13-14-33-26)17-24(36)30(32,35-15-3-4-16-35)40-21-10-7-19(8-11-21)29(37)38/h1-2,5-6,9,12-14,19,21H,3-4,7-8,10-11,15-17H2,(H,37,38). The molecule has 1 unspecified atom stereocenters. The first-order valence-electron chi connectivity index (χ1n) is 13.6. The van der Waals surface area contributed by atoms with Crippen LogP contribution in [0.4, 0.5) is 8.78 Å². The summed E-state index contributed by atoms with van der Waals surface area (Å²) < 4.78 is 43.8. The lowest BCUT2D eigenvalue weighted by Gasteiger charge is -2.37. The summed E-state index contributed by atoms with van der Waals surface area (Å²) in [7, 11) is 0. The second-order valence-corrected chi connectivity index (χ2v) is 10.6. The third kappa shape index (κ3) is 4.86. The monoisotopic (exact) mass is 549 g/mol. The van der Waals surface area contributed by atoms with Crippen LogP contribution in [0.3, 0.4) is 0 Å². The van der Waals surface area contributed by atoms with E-state index < -0.39 is 42.0 Å². The molecule has 1 aliphatic heterocycles. The van der Waals surface area contributed by atoms with Crippen LogP contribution in [-0.4, -0.2) is 56.9 Å². The molecule has 1 N–H and O–H groups in total. The number of aromatic nitrogens is 2. The van der Waals surface area contributed by atoms with E-state index >= 15 is 8.78 Å². The Hall–Kier alpha value is -3.76. The van der Waals surface area contributed by atoms with Gasteiger partial charge in [-0.3, -0.25) is 14.6 Å². The van der Waals surface area contributed by atoms with Gasteiger partial charge >= 0.3 is 11.9 Å². The van der Waals surface area contributed by atoms with Gasteiger partial charge < -0.3 is 14.3 Å². The first-order valence-corrected chi connectivity index (χ1v) is 13.6. The molecule has 2 fully saturated rings. The third-order valence-electron chi connectivity index (χ3n) is 8.01. The molecule has 1 aliphatic carbocycles. The topological polar surface area (TPSA) is 106 Å². The number of pyridine rings is 1. The Labute approximate surface area is 229 Å². The van der Waals surface area contributed by atoms with Gasteiger partial charge in [-0.2, -0.15) is 4.39 Å². The molecule has 8 nitrogen and oxygen atoms in total. The van der Waals surface area contributed by atoms with Crippen molar-refractivity contribution >= 4 is 33.6 Å². The number of ether oxygens (including phenoxy) is 1. The van der Waals surface area contributed by atoms with Crippen molar-refractivity contribution in [2.75, 3.05) is 13.1 Å². The molecule has 4 aromatic rings. The summed E-state index contributed by atoms with van der Waals surface area (Å²) >= 11 is 0. The molecule has 10 heteroatoms. The first-order chi connectivity index (χ1) is 19.3. The second-order valence-electron chi connectivity index (χ2n) is 10.6. The summed E-state index contributed by atoms with van der Waals surface area (Å²) in [5.74, 6) is -5.63. The van der Waals surface area contributed by atoms with E-state index in [-0.39, 0.29) is 22.6 Å². The molecule has 3 heterocycles. The largest absolute Gasteiger partial charge is 0.481 e. The van der Waals surface area contributed by atoms with Crippen LogP contribution in [0, 0.1) is 11.7 Å². The number of likely N-dealkylation sites (tertiary alicyclic amines) is 1. The van der Waals surface area contributed by atoms with Crippen molar-refractivity contribution < 1.29 is 32.6 Å². The van der Waals surface area contributed by atoms with E-state index in [4.69, 9.17) is 9.15 Å². The molecule has 2 aliphatic rings. The minimum Gasteiger partial charge on any atom is -0.481 e. The Balaban J connectivity index is 1.26. The number of rotatable bonds is 8. The maximum Gasteiger partial charge on any atom is 0.330 e. The lowest BCUT2D eigenvalue weighted by Crippen LogP contribution is -2.54. The van der Waals surface area contributed by atoms with Crippen molar-refractivity contribution in [2.24, 2.45) is 5.92 Å². The van der Waals surface area contributed by atoms with Gasteiger partial charge in [0.2, 0.25) is 11.7 Å². The molecule has 1 saturated heterocycles. The van der Waals surface area contributed by atoms with Gasteiger partial charge in [0.05, 0.1) is 12.0 Å². The van der Waals surface area contributed by atoms with E-state index in [1.165, 1.54) is 11.0 Å². The Bertz CT molecular complexity index is 1570. The van der Waals surface area contributed by atoms with Crippen LogP contribution in [0.2, 0.25) is 0 Å². The number of ketones is 1. The molecule has 0 bridgehead atoms. The number of benzene rings is 2. The minimum atomic E-state index is -2.72. The molecular weight excluding hydrogens is 520 g/mol. The zero-order valence-electron chi connectivity index (χ0n) is 21.8. The van der Waals surface area contributed by atoms with Crippen LogP contribution in [0.1, 0.15) is 44.1 Å². The predicted octanol–water partition coefficient (Wildman–Crippen LogP) is 5.67. The molecule has 0 amide bonds. The summed E-state index contributed by atoms with van der Waals surface area (Å²) in [6, 6.07) is 12.4. The molecule has 2 aromatic heterocycles. The SMILES string of the molecule is O=C(O)C1CCC(OC(F)(C(=O)Cc2ccc3nc(-c4nccc5ccccc45)oc3c2F)N2CCCC2)CC1. The van der Waals surface area contributed by atoms with Crippen LogP contribution in [-0.2, 0) is 20.7 Å². The molecule has 0 spiro atoms. The quantitative estimate of drug-likeness (QED) is 0.280. The Morgan fingerprint density at radius 1 is 1.07 bits per heavy atom. The van der Waals surface area contributed by atoms with Gasteiger partial charge in [0, 0.05) is 31.1 Å². The summed E-state index contributed by atoms with van der Waals surface area (Å²) in [6.45, 7) is 0.690. The molecule has 1 atom stereocenters. The second kappa shape index (κ2) is 10.7. The third-order valence-corrected chi connectivity index (χ3v) is 8.01. The number of carbonyl (C=O) groups is 2. The number of Topliss-reactive ketones (excluding diaryl/α,β-unsaturated/α-hetero) is 1. The fraction of sp³-hybridized carbons (Fsp3) is 0.400. The Morgan fingerprint density at radius 3 is 2.58 bits per heavy atom. The zero-order valence-corrected chi connectivity index (χ0v) is 21.8. The van der Waals surface area contributed by atoms with Gasteiger partial charge in [0.1, 0.15) is 11.2 Å². The Morgan fingerprint density at radius 2 is 1.82 bits per heavy atom. The van der Waals surface area contributed by atoms with Crippen LogP contribution in [0.5, 0.6) is 0 Å². The lowest BCUT2D eigenvalue weighted by molar-refractivity contribution is -0.252. The minimum absolute atomic E-state index is 0.0227. The van der Waals surface area contributed by atoms with Crippen molar-refractivity contribution in [1.82, 2.24) is 14.9 Å². The Kier molecular flexibility index (Phi) is 7.06. The van der Waals surface area contributed by atoms with Crippen LogP contribution in [0.15, 0.2) is 53.1 Å². The van der Waals surface area contributed by atoms with Crippen LogP contribution >= 0.6 is 0 Å². The van der Waals surface area contributed by atoms with Gasteiger partial charge in [0.15, 0.2) is 11.4 Å². The molecule has 40 heavy (non-hydrogen) atoms. The highest BCUT2D eigenvalue weighted by Crippen LogP contribution is 2.36. The van der Waals surface area contributed by atoms with E-state index in [0.717, 1.165) is 23.6 Å². The first kappa shape index (κ1) is 26.5. The van der Waals surface area contributed by atoms with E-state index in [2.05, 4.69) is 9.97 Å². The highest BCUT2D eigenvalue weighted by Gasteiger charge is 2.49. The van der Waals surface area contributed by atoms with Crippen molar-refractivity contribution in [3.8, 4) is 11.6 Å². The van der Waals surface area contributed by atoms with E-state index in [1.54, 1.807) is 12.3 Å². The summed E-state index contributed by atoms with van der Waals surface area (Å²) in [5, 5.41) is 11.0. The normalized spacial score (nSPS) is 21.6. The molecule has 1 saturated carbocycles. The van der Waals surface area contributed by atoms with Crippen molar-refractivity contribution in [1.29, 1.82) is 0 Å². The van der Waals surface area contributed by atoms with Crippen LogP contribution < -0.4 is 0 Å². The number of halogens is 2. The predicted molar refractivity (Wildman–Crippen MR) is 143 cm³/mol. The number of carboxylic acids is 1. The molecule has 2 aromatic carbocycles. The molecular formula is C30H29F2N3O5. The molecule has 0 radical (unpaired) electrons. The molecule has 208 valence electrons. The number of hydrogen-bond acceptors (Lipinski definition) is 7. The zero-order chi connectivity index (χ0) is 27.9. The fourth-order valence-electron chi connectivity index (χ4n) is 5.78. The maximum absolute atomic E-state index is 16.5. The average molecular weight is 550 g/mol. The number of alkyl halides is 1. The number of nitrogens with zero attached hydrogens (tertiary/aromatic N) is 3. The maximum atomic E-state index is 16.5. The smallest absolute Gasteiger partial charge is 0.330 e. The number of carbonyl (C=O) groups excluding carboxylic acids is 1. The van der Waals surface area contributed by atoms with Gasteiger partial charge in [-0.1, -0.05) is 30.3 Å². The van der Waals surface area contributed by atoms with Gasteiger partial charge in [-0.25, -0.2) is 14.3 Å². The van der Waals surface area contributed by atoms with Crippen molar-refractivity contribution in [2.45, 2.75) is 57.0 Å². The molecule has 6 rings (SSSR count). The van der Waals surface area contributed by atoms with E-state index in [1.807, 2.05) is 30.3 Å². The summed E-state index contributed by atoms with van der Waals surface area (Å²) in [6.07, 6.45) is 3.32.